The van der Waals surface area contributed by atoms with Crippen LogP contribution in [0.15, 0.2) is 29.2 Å². The van der Waals surface area contributed by atoms with Gasteiger partial charge >= 0.3 is 0 Å². The Hall–Kier alpha value is -1.15. The molecule has 6 nitrogen and oxygen atoms in total. The van der Waals surface area contributed by atoms with E-state index in [1.165, 1.54) is 35.7 Å². The number of carbonyl (C=O) groups is 1. The molecular weight excluding hydrogens is 398 g/mol. The Balaban J connectivity index is 1.55. The molecule has 2 fully saturated rings. The number of quaternary nitrogens is 1. The molecule has 1 saturated heterocycles. The number of rotatable bonds is 5. The van der Waals surface area contributed by atoms with E-state index in [0.717, 1.165) is 11.3 Å². The summed E-state index contributed by atoms with van der Waals surface area (Å²) in [5.74, 6) is 0.615. The molecule has 1 amide bonds. The SMILES string of the molecule is C[C@@H]1CCCC[C@@H]1NC(=O)[C@@H](C)[NH+]1CCN(S(=O)(=O)c2ccc(Cl)cc2)CC1. The minimum absolute atomic E-state index is 0.0859. The van der Waals surface area contributed by atoms with Crippen molar-refractivity contribution in [3.63, 3.8) is 0 Å². The average Bonchev–Trinajstić information content (AvgIpc) is 2.69. The number of halogens is 1. The fourth-order valence-electron chi connectivity index (χ4n) is 4.23. The van der Waals surface area contributed by atoms with Crippen LogP contribution in [0.1, 0.15) is 39.5 Å². The van der Waals surface area contributed by atoms with Gasteiger partial charge in [-0.2, -0.15) is 4.31 Å². The van der Waals surface area contributed by atoms with Crippen LogP contribution in [0, 0.1) is 5.92 Å². The summed E-state index contributed by atoms with van der Waals surface area (Å²) < 4.78 is 27.1. The molecule has 1 aromatic carbocycles. The molecule has 1 aromatic rings. The summed E-state index contributed by atoms with van der Waals surface area (Å²) in [7, 11) is -3.52. The minimum atomic E-state index is -3.52. The first kappa shape index (κ1) is 21.6. The molecule has 0 bridgehead atoms. The van der Waals surface area contributed by atoms with E-state index in [9.17, 15) is 13.2 Å². The maximum absolute atomic E-state index is 12.8. The number of sulfonamides is 1. The first-order valence-corrected chi connectivity index (χ1v) is 12.0. The van der Waals surface area contributed by atoms with Gasteiger partial charge < -0.3 is 10.2 Å². The molecule has 0 spiro atoms. The largest absolute Gasteiger partial charge is 0.348 e. The summed E-state index contributed by atoms with van der Waals surface area (Å²) in [6.07, 6.45) is 4.66. The fourth-order valence-corrected chi connectivity index (χ4v) is 5.79. The second-order valence-electron chi connectivity index (χ2n) is 8.11. The average molecular weight is 429 g/mol. The van der Waals surface area contributed by atoms with E-state index < -0.39 is 10.0 Å². The normalized spacial score (nSPS) is 26.0. The van der Waals surface area contributed by atoms with Gasteiger partial charge in [0.15, 0.2) is 6.04 Å². The van der Waals surface area contributed by atoms with Gasteiger partial charge in [0.25, 0.3) is 5.91 Å². The highest BCUT2D eigenvalue weighted by Crippen LogP contribution is 2.23. The quantitative estimate of drug-likeness (QED) is 0.742. The third-order valence-electron chi connectivity index (χ3n) is 6.26. The molecule has 8 heteroatoms. The van der Waals surface area contributed by atoms with E-state index >= 15 is 0 Å². The second kappa shape index (κ2) is 9.11. The molecule has 2 aliphatic rings. The van der Waals surface area contributed by atoms with Gasteiger partial charge in [-0.1, -0.05) is 31.4 Å². The van der Waals surface area contributed by atoms with Crippen molar-refractivity contribution in [2.75, 3.05) is 26.2 Å². The Morgan fingerprint density at radius 2 is 1.79 bits per heavy atom. The predicted octanol–water partition coefficient (Wildman–Crippen LogP) is 1.31. The molecule has 1 aliphatic carbocycles. The summed E-state index contributed by atoms with van der Waals surface area (Å²) in [6.45, 7) is 6.24. The maximum atomic E-state index is 12.8. The lowest BCUT2D eigenvalue weighted by atomic mass is 9.86. The number of piperazine rings is 1. The van der Waals surface area contributed by atoms with Gasteiger partial charge in [-0.3, -0.25) is 4.79 Å². The molecule has 28 heavy (non-hydrogen) atoms. The van der Waals surface area contributed by atoms with Gasteiger partial charge in [0, 0.05) is 11.1 Å². The molecule has 1 saturated carbocycles. The van der Waals surface area contributed by atoms with Crippen LogP contribution in [0.2, 0.25) is 5.02 Å². The monoisotopic (exact) mass is 428 g/mol. The van der Waals surface area contributed by atoms with E-state index in [1.807, 2.05) is 6.92 Å². The molecule has 1 heterocycles. The van der Waals surface area contributed by atoms with Gasteiger partial charge in [0.2, 0.25) is 10.0 Å². The van der Waals surface area contributed by atoms with Gasteiger partial charge in [-0.05, 0) is 49.9 Å². The smallest absolute Gasteiger partial charge is 0.278 e. The number of benzene rings is 1. The zero-order valence-electron chi connectivity index (χ0n) is 16.7. The Kier molecular flexibility index (Phi) is 7.02. The van der Waals surface area contributed by atoms with Crippen LogP contribution in [0.25, 0.3) is 0 Å². The van der Waals surface area contributed by atoms with Crippen LogP contribution < -0.4 is 10.2 Å². The van der Waals surface area contributed by atoms with E-state index in [4.69, 9.17) is 11.6 Å². The number of amides is 1. The van der Waals surface area contributed by atoms with Crippen LogP contribution in [0.3, 0.4) is 0 Å². The summed E-state index contributed by atoms with van der Waals surface area (Å²) in [5.41, 5.74) is 0. The maximum Gasteiger partial charge on any atom is 0.278 e. The van der Waals surface area contributed by atoms with Crippen molar-refractivity contribution < 1.29 is 18.1 Å². The lowest BCUT2D eigenvalue weighted by Crippen LogP contribution is -3.19. The van der Waals surface area contributed by atoms with Crippen molar-refractivity contribution in [3.8, 4) is 0 Å². The van der Waals surface area contributed by atoms with Crippen molar-refractivity contribution in [1.29, 1.82) is 0 Å². The van der Waals surface area contributed by atoms with E-state index in [1.54, 1.807) is 12.1 Å². The highest BCUT2D eigenvalue weighted by Gasteiger charge is 2.35. The first-order valence-electron chi connectivity index (χ1n) is 10.2. The Bertz CT molecular complexity index is 776. The number of hydrogen-bond acceptors (Lipinski definition) is 3. The van der Waals surface area contributed by atoms with Crippen LogP contribution in [0.5, 0.6) is 0 Å². The highest BCUT2D eigenvalue weighted by molar-refractivity contribution is 7.89. The molecule has 3 atom stereocenters. The van der Waals surface area contributed by atoms with Gasteiger partial charge in [-0.25, -0.2) is 8.42 Å². The third kappa shape index (κ3) is 4.87. The number of nitrogens with one attached hydrogen (secondary N) is 2. The first-order chi connectivity index (χ1) is 13.3. The molecule has 1 aliphatic heterocycles. The predicted molar refractivity (Wildman–Crippen MR) is 110 cm³/mol. The molecule has 156 valence electrons. The zero-order chi connectivity index (χ0) is 20.3. The molecule has 0 radical (unpaired) electrons. The Morgan fingerprint density at radius 3 is 2.39 bits per heavy atom. The second-order valence-corrected chi connectivity index (χ2v) is 10.5. The highest BCUT2D eigenvalue weighted by atomic mass is 35.5. The van der Waals surface area contributed by atoms with E-state index in [2.05, 4.69) is 12.2 Å². The van der Waals surface area contributed by atoms with Crippen molar-refractivity contribution in [2.45, 2.75) is 56.5 Å². The van der Waals surface area contributed by atoms with Crippen LogP contribution in [-0.2, 0) is 14.8 Å². The lowest BCUT2D eigenvalue weighted by Gasteiger charge is -2.35. The van der Waals surface area contributed by atoms with E-state index in [0.29, 0.717) is 37.1 Å². The van der Waals surface area contributed by atoms with Crippen LogP contribution in [0.4, 0.5) is 0 Å². The Labute approximate surface area is 173 Å². The molecule has 3 rings (SSSR count). The van der Waals surface area contributed by atoms with Crippen molar-refractivity contribution >= 4 is 27.5 Å². The van der Waals surface area contributed by atoms with Crippen LogP contribution >= 0.6 is 11.6 Å². The molecular formula is C20H31ClN3O3S+. The van der Waals surface area contributed by atoms with Gasteiger partial charge in [0.1, 0.15) is 0 Å². The van der Waals surface area contributed by atoms with Crippen molar-refractivity contribution in [2.24, 2.45) is 5.92 Å². The minimum Gasteiger partial charge on any atom is -0.348 e. The number of hydrogen-bond donors (Lipinski definition) is 2. The van der Waals surface area contributed by atoms with Gasteiger partial charge in [-0.15, -0.1) is 0 Å². The van der Waals surface area contributed by atoms with E-state index in [-0.39, 0.29) is 22.9 Å². The topological polar surface area (TPSA) is 70.9 Å². The summed E-state index contributed by atoms with van der Waals surface area (Å²) in [4.78, 5) is 14.1. The Morgan fingerprint density at radius 1 is 1.18 bits per heavy atom. The molecule has 0 aromatic heterocycles. The summed E-state index contributed by atoms with van der Waals surface area (Å²) >= 11 is 5.86. The third-order valence-corrected chi connectivity index (χ3v) is 8.43. The molecule has 2 N–H and O–H groups in total. The zero-order valence-corrected chi connectivity index (χ0v) is 18.2. The van der Waals surface area contributed by atoms with Gasteiger partial charge in [0.05, 0.1) is 31.1 Å². The van der Waals surface area contributed by atoms with Crippen molar-refractivity contribution in [3.05, 3.63) is 29.3 Å². The summed E-state index contributed by atoms with van der Waals surface area (Å²) in [5, 5.41) is 3.75. The van der Waals surface area contributed by atoms with Crippen molar-refractivity contribution in [1.82, 2.24) is 9.62 Å². The lowest BCUT2D eigenvalue weighted by molar-refractivity contribution is -0.917. The fraction of sp³-hybridized carbons (Fsp3) is 0.650. The number of carbonyl (C=O) groups excluding carboxylic acids is 1. The number of nitrogens with zero attached hydrogens (tertiary/aromatic N) is 1. The standard InChI is InChI=1S/C20H30ClN3O3S/c1-15-5-3-4-6-19(15)22-20(25)16(2)23-11-13-24(14-12-23)28(26,27)18-9-7-17(21)8-10-18/h7-10,15-16,19H,3-6,11-14H2,1-2H3,(H,22,25)/p+1/t15-,16-,19+/m1/s1. The molecule has 0 unspecified atom stereocenters. The van der Waals surface area contributed by atoms with Crippen LogP contribution in [-0.4, -0.2) is 56.9 Å². The summed E-state index contributed by atoms with van der Waals surface area (Å²) in [6, 6.07) is 6.36.